The molecule has 0 aromatic carbocycles. The van der Waals surface area contributed by atoms with Crippen LogP contribution in [-0.2, 0) is 13.0 Å². The van der Waals surface area contributed by atoms with Crippen LogP contribution in [0.25, 0.3) is 0 Å². The minimum Gasteiger partial charge on any atom is -0.357 e. The second-order valence-electron chi connectivity index (χ2n) is 4.25. The number of rotatable bonds is 5. The van der Waals surface area contributed by atoms with Crippen LogP contribution in [0.3, 0.4) is 0 Å². The summed E-state index contributed by atoms with van der Waals surface area (Å²) in [5, 5.41) is 0. The van der Waals surface area contributed by atoms with E-state index in [9.17, 15) is 0 Å². The van der Waals surface area contributed by atoms with E-state index in [0.29, 0.717) is 12.6 Å². The Kier molecular flexibility index (Phi) is 4.74. The molecule has 16 heavy (non-hydrogen) atoms. The summed E-state index contributed by atoms with van der Waals surface area (Å²) < 4.78 is 0. The minimum absolute atomic E-state index is 0.505. The molecule has 0 aliphatic rings. The predicted octanol–water partition coefficient (Wildman–Crippen LogP) is 2.34. The molecule has 3 heteroatoms. The predicted molar refractivity (Wildman–Crippen MR) is 69.7 cm³/mol. The van der Waals surface area contributed by atoms with E-state index in [0.717, 1.165) is 29.9 Å². The van der Waals surface area contributed by atoms with Gasteiger partial charge in [-0.05, 0) is 37.5 Å². The molecule has 1 atom stereocenters. The third-order valence-electron chi connectivity index (χ3n) is 3.14. The molecule has 1 heterocycles. The van der Waals surface area contributed by atoms with Crippen molar-refractivity contribution in [2.75, 3.05) is 11.9 Å². The number of pyridine rings is 1. The molecule has 1 unspecified atom stereocenters. The third-order valence-corrected chi connectivity index (χ3v) is 3.14. The number of aromatic nitrogens is 1. The van der Waals surface area contributed by atoms with Crippen LogP contribution < -0.4 is 10.6 Å². The van der Waals surface area contributed by atoms with E-state index in [-0.39, 0.29) is 0 Å². The van der Waals surface area contributed by atoms with Crippen LogP contribution in [0.2, 0.25) is 0 Å². The van der Waals surface area contributed by atoms with Gasteiger partial charge in [0.25, 0.3) is 0 Å². The molecule has 1 aromatic rings. The highest BCUT2D eigenvalue weighted by atomic mass is 15.2. The molecule has 90 valence electrons. The van der Waals surface area contributed by atoms with Crippen molar-refractivity contribution >= 4 is 5.82 Å². The van der Waals surface area contributed by atoms with Gasteiger partial charge in [-0.25, -0.2) is 4.98 Å². The first kappa shape index (κ1) is 13.0. The largest absolute Gasteiger partial charge is 0.357 e. The average Bonchev–Trinajstić information content (AvgIpc) is 2.35. The Bertz CT molecular complexity index is 314. The summed E-state index contributed by atoms with van der Waals surface area (Å²) in [6.07, 6.45) is 2.07. The topological polar surface area (TPSA) is 42.1 Å². The Hall–Kier alpha value is -1.09. The van der Waals surface area contributed by atoms with Crippen LogP contribution in [0.15, 0.2) is 12.1 Å². The first-order valence-electron chi connectivity index (χ1n) is 6.05. The highest BCUT2D eigenvalue weighted by Crippen LogP contribution is 2.17. The van der Waals surface area contributed by atoms with Gasteiger partial charge in [-0.2, -0.15) is 0 Å². The van der Waals surface area contributed by atoms with Gasteiger partial charge in [0.15, 0.2) is 0 Å². The summed E-state index contributed by atoms with van der Waals surface area (Å²) in [6, 6.07) is 4.68. The summed E-state index contributed by atoms with van der Waals surface area (Å²) in [6.45, 7) is 7.10. The first-order chi connectivity index (χ1) is 7.62. The highest BCUT2D eigenvalue weighted by Gasteiger charge is 2.10. The lowest BCUT2D eigenvalue weighted by Gasteiger charge is -2.25. The van der Waals surface area contributed by atoms with Gasteiger partial charge in [0, 0.05) is 25.3 Å². The molecule has 0 bridgehead atoms. The standard InChI is InChI=1S/C13H23N3/c1-5-10(3)16(4)13-8-11(9-14)7-12(6-2)15-13/h7-8,10H,5-6,9,14H2,1-4H3. The van der Waals surface area contributed by atoms with Crippen LogP contribution in [0.4, 0.5) is 5.82 Å². The van der Waals surface area contributed by atoms with Gasteiger partial charge in [0.1, 0.15) is 5.82 Å². The molecule has 0 spiro atoms. The highest BCUT2D eigenvalue weighted by molar-refractivity contribution is 5.43. The quantitative estimate of drug-likeness (QED) is 0.830. The Balaban J connectivity index is 3.02. The third kappa shape index (κ3) is 2.95. The Morgan fingerprint density at radius 3 is 2.56 bits per heavy atom. The lowest BCUT2D eigenvalue weighted by molar-refractivity contribution is 0.655. The zero-order valence-electron chi connectivity index (χ0n) is 10.8. The molecule has 0 amide bonds. The normalized spacial score (nSPS) is 12.6. The van der Waals surface area contributed by atoms with Crippen LogP contribution in [0.5, 0.6) is 0 Å². The SMILES string of the molecule is CCc1cc(CN)cc(N(C)C(C)CC)n1. The van der Waals surface area contributed by atoms with Gasteiger partial charge in [0.05, 0.1) is 0 Å². The molecule has 0 aliphatic heterocycles. The molecular formula is C13H23N3. The van der Waals surface area contributed by atoms with E-state index in [2.05, 4.69) is 49.8 Å². The summed E-state index contributed by atoms with van der Waals surface area (Å²) in [5.41, 5.74) is 7.99. The zero-order valence-corrected chi connectivity index (χ0v) is 10.8. The number of aryl methyl sites for hydroxylation is 1. The van der Waals surface area contributed by atoms with E-state index in [1.165, 1.54) is 0 Å². The number of nitrogens with two attached hydrogens (primary N) is 1. The summed E-state index contributed by atoms with van der Waals surface area (Å²) in [5.74, 6) is 1.04. The van der Waals surface area contributed by atoms with Crippen molar-refractivity contribution in [3.05, 3.63) is 23.4 Å². The van der Waals surface area contributed by atoms with E-state index in [4.69, 9.17) is 5.73 Å². The van der Waals surface area contributed by atoms with Crippen molar-refractivity contribution < 1.29 is 0 Å². The fourth-order valence-corrected chi connectivity index (χ4v) is 1.61. The summed E-state index contributed by atoms with van der Waals surface area (Å²) >= 11 is 0. The van der Waals surface area contributed by atoms with Crippen LogP contribution >= 0.6 is 0 Å². The lowest BCUT2D eigenvalue weighted by Crippen LogP contribution is -2.29. The van der Waals surface area contributed by atoms with Gasteiger partial charge >= 0.3 is 0 Å². The second kappa shape index (κ2) is 5.85. The van der Waals surface area contributed by atoms with Crippen LogP contribution in [-0.4, -0.2) is 18.1 Å². The summed E-state index contributed by atoms with van der Waals surface area (Å²) in [4.78, 5) is 6.86. The average molecular weight is 221 g/mol. The Labute approximate surface area is 98.7 Å². The molecule has 0 radical (unpaired) electrons. The van der Waals surface area contributed by atoms with Gasteiger partial charge < -0.3 is 10.6 Å². The fourth-order valence-electron chi connectivity index (χ4n) is 1.61. The molecule has 0 saturated carbocycles. The molecule has 0 aliphatic carbocycles. The van der Waals surface area contributed by atoms with E-state index < -0.39 is 0 Å². The van der Waals surface area contributed by atoms with Crippen LogP contribution in [0, 0.1) is 0 Å². The molecule has 2 N–H and O–H groups in total. The minimum atomic E-state index is 0.505. The maximum absolute atomic E-state index is 5.70. The maximum Gasteiger partial charge on any atom is 0.129 e. The van der Waals surface area contributed by atoms with E-state index in [1.54, 1.807) is 0 Å². The number of hydrogen-bond donors (Lipinski definition) is 1. The Morgan fingerprint density at radius 1 is 1.38 bits per heavy atom. The smallest absolute Gasteiger partial charge is 0.129 e. The maximum atomic E-state index is 5.70. The molecule has 0 fully saturated rings. The van der Waals surface area contributed by atoms with Crippen molar-refractivity contribution in [1.82, 2.24) is 4.98 Å². The second-order valence-corrected chi connectivity index (χ2v) is 4.25. The van der Waals surface area contributed by atoms with E-state index >= 15 is 0 Å². The molecule has 1 aromatic heterocycles. The van der Waals surface area contributed by atoms with Crippen molar-refractivity contribution in [3.63, 3.8) is 0 Å². The number of anilines is 1. The van der Waals surface area contributed by atoms with Gasteiger partial charge in [0.2, 0.25) is 0 Å². The van der Waals surface area contributed by atoms with Gasteiger partial charge in [-0.3, -0.25) is 0 Å². The van der Waals surface area contributed by atoms with Crippen molar-refractivity contribution in [2.24, 2.45) is 5.73 Å². The summed E-state index contributed by atoms with van der Waals surface area (Å²) in [7, 11) is 2.09. The molecule has 3 nitrogen and oxygen atoms in total. The number of hydrogen-bond acceptors (Lipinski definition) is 3. The van der Waals surface area contributed by atoms with E-state index in [1.807, 2.05) is 0 Å². The Morgan fingerprint density at radius 2 is 2.06 bits per heavy atom. The van der Waals surface area contributed by atoms with Gasteiger partial charge in [-0.1, -0.05) is 13.8 Å². The monoisotopic (exact) mass is 221 g/mol. The molecule has 1 rings (SSSR count). The molecular weight excluding hydrogens is 198 g/mol. The van der Waals surface area contributed by atoms with Crippen molar-refractivity contribution in [3.8, 4) is 0 Å². The van der Waals surface area contributed by atoms with Gasteiger partial charge in [-0.15, -0.1) is 0 Å². The van der Waals surface area contributed by atoms with Crippen molar-refractivity contribution in [2.45, 2.75) is 46.2 Å². The van der Waals surface area contributed by atoms with Crippen molar-refractivity contribution in [1.29, 1.82) is 0 Å². The fraction of sp³-hybridized carbons (Fsp3) is 0.615. The lowest BCUT2D eigenvalue weighted by atomic mass is 10.1. The molecule has 0 saturated heterocycles. The zero-order chi connectivity index (χ0) is 12.1. The van der Waals surface area contributed by atoms with Crippen LogP contribution in [0.1, 0.15) is 38.4 Å². The number of nitrogens with zero attached hydrogens (tertiary/aromatic N) is 2. The first-order valence-corrected chi connectivity index (χ1v) is 6.05.